The van der Waals surface area contributed by atoms with E-state index in [0.717, 1.165) is 0 Å². The van der Waals surface area contributed by atoms with Crippen LogP contribution >= 0.6 is 0 Å². The zero-order chi connectivity index (χ0) is 24.0. The summed E-state index contributed by atoms with van der Waals surface area (Å²) in [6.07, 6.45) is 1.24. The molecule has 33 heavy (non-hydrogen) atoms. The zero-order valence-corrected chi connectivity index (χ0v) is 18.6. The van der Waals surface area contributed by atoms with Gasteiger partial charge in [0.2, 0.25) is 6.79 Å². The van der Waals surface area contributed by atoms with Crippen LogP contribution in [-0.2, 0) is 4.74 Å². The Morgan fingerprint density at radius 2 is 1.91 bits per heavy atom. The molecule has 1 amide bonds. The van der Waals surface area contributed by atoms with E-state index in [1.54, 1.807) is 45.0 Å². The van der Waals surface area contributed by atoms with E-state index >= 15 is 0 Å². The fourth-order valence-corrected chi connectivity index (χ4v) is 4.64. The average molecular weight is 445 g/mol. The maximum Gasteiger partial charge on any atom is 0.410 e. The number of hydrogen-bond acceptors (Lipinski definition) is 8. The normalized spacial score (nSPS) is 22.9. The van der Waals surface area contributed by atoms with Crippen LogP contribution < -0.4 is 15.2 Å². The van der Waals surface area contributed by atoms with Crippen LogP contribution in [0.1, 0.15) is 32.3 Å². The van der Waals surface area contributed by atoms with Gasteiger partial charge in [-0.25, -0.2) is 4.79 Å². The largest absolute Gasteiger partial charge is 0.454 e. The van der Waals surface area contributed by atoms with Gasteiger partial charge in [0.25, 0.3) is 0 Å². The molecule has 2 aliphatic heterocycles. The molecule has 0 spiro atoms. The molecule has 0 saturated carbocycles. The second-order valence-corrected chi connectivity index (χ2v) is 9.17. The smallest absolute Gasteiger partial charge is 0.410 e. The molecule has 0 saturated heterocycles. The Morgan fingerprint density at radius 1 is 1.21 bits per heavy atom. The first-order valence-corrected chi connectivity index (χ1v) is 10.5. The number of ether oxygens (including phenoxy) is 3. The van der Waals surface area contributed by atoms with Crippen LogP contribution in [0.15, 0.2) is 41.1 Å². The molecular weight excluding hydrogens is 422 g/mol. The second-order valence-electron chi connectivity index (χ2n) is 9.17. The van der Waals surface area contributed by atoms with Gasteiger partial charge in [-0.15, -0.1) is 0 Å². The van der Waals surface area contributed by atoms with Gasteiger partial charge < -0.3 is 24.8 Å². The lowest BCUT2D eigenvalue weighted by molar-refractivity contribution is 0.0224. The summed E-state index contributed by atoms with van der Waals surface area (Å²) < 4.78 is 16.4. The summed E-state index contributed by atoms with van der Waals surface area (Å²) >= 11 is 0. The van der Waals surface area contributed by atoms with Crippen molar-refractivity contribution in [1.29, 1.82) is 15.8 Å². The summed E-state index contributed by atoms with van der Waals surface area (Å²) in [5, 5.41) is 30.2. The lowest BCUT2D eigenvalue weighted by Gasteiger charge is -2.45. The van der Waals surface area contributed by atoms with Gasteiger partial charge in [-0.2, -0.15) is 15.8 Å². The topological polar surface area (TPSA) is 145 Å². The van der Waals surface area contributed by atoms with Gasteiger partial charge >= 0.3 is 6.09 Å². The predicted octanol–water partition coefficient (Wildman–Crippen LogP) is 3.08. The van der Waals surface area contributed by atoms with Crippen molar-refractivity contribution in [3.8, 4) is 29.7 Å². The quantitative estimate of drug-likeness (QED) is 0.694. The van der Waals surface area contributed by atoms with Crippen molar-refractivity contribution in [3.63, 3.8) is 0 Å². The molecule has 1 aliphatic carbocycles. The number of nitriles is 3. The molecule has 9 heteroatoms. The number of nitrogens with zero attached hydrogens (tertiary/aromatic N) is 4. The first-order chi connectivity index (χ1) is 15.6. The standard InChI is InChI=1S/C24H23N5O4/c1-23(2,3)33-22(30)29-7-6-15-16(9-25)21(28)24(11-26,12-27)20(17(15)10-29)14-4-5-18-19(8-14)32-13-31-18/h4-6,8,17,20H,7,10,13,28H2,1-3H3/t17-,20-/m0/s1. The van der Waals surface area contributed by atoms with Crippen molar-refractivity contribution in [3.05, 3.63) is 46.7 Å². The first-order valence-electron chi connectivity index (χ1n) is 10.5. The van der Waals surface area contributed by atoms with Gasteiger partial charge in [0.15, 0.2) is 16.9 Å². The van der Waals surface area contributed by atoms with Crippen LogP contribution in [0, 0.1) is 45.3 Å². The summed E-state index contributed by atoms with van der Waals surface area (Å²) in [5.74, 6) is -0.232. The number of amides is 1. The molecular formula is C24H23N5O4. The molecule has 0 unspecified atom stereocenters. The van der Waals surface area contributed by atoms with E-state index in [0.29, 0.717) is 22.6 Å². The van der Waals surface area contributed by atoms with E-state index in [4.69, 9.17) is 19.9 Å². The Morgan fingerprint density at radius 3 is 2.55 bits per heavy atom. The molecule has 2 N–H and O–H groups in total. The monoisotopic (exact) mass is 445 g/mol. The van der Waals surface area contributed by atoms with E-state index < -0.39 is 28.9 Å². The number of carbonyl (C=O) groups is 1. The number of hydrogen-bond donors (Lipinski definition) is 1. The highest BCUT2D eigenvalue weighted by Crippen LogP contribution is 2.55. The molecule has 0 aromatic heterocycles. The van der Waals surface area contributed by atoms with Gasteiger partial charge in [-0.3, -0.25) is 0 Å². The number of allylic oxidation sites excluding steroid dienone is 2. The van der Waals surface area contributed by atoms with Crippen LogP contribution in [0.4, 0.5) is 4.79 Å². The van der Waals surface area contributed by atoms with Gasteiger partial charge in [-0.1, -0.05) is 12.1 Å². The molecule has 9 nitrogen and oxygen atoms in total. The van der Waals surface area contributed by atoms with Crippen LogP contribution in [-0.4, -0.2) is 36.5 Å². The highest BCUT2D eigenvalue weighted by atomic mass is 16.7. The lowest BCUT2D eigenvalue weighted by Crippen LogP contribution is -2.50. The second kappa shape index (κ2) is 7.76. The van der Waals surface area contributed by atoms with Crippen LogP contribution in [0.2, 0.25) is 0 Å². The number of benzene rings is 1. The van der Waals surface area contributed by atoms with Gasteiger partial charge in [0.1, 0.15) is 11.7 Å². The van der Waals surface area contributed by atoms with E-state index in [-0.39, 0.29) is 31.2 Å². The highest BCUT2D eigenvalue weighted by molar-refractivity contribution is 5.70. The van der Waals surface area contributed by atoms with Crippen LogP contribution in [0.3, 0.4) is 0 Å². The predicted molar refractivity (Wildman–Crippen MR) is 115 cm³/mol. The third-order valence-electron chi connectivity index (χ3n) is 6.07. The third kappa shape index (κ3) is 3.50. The molecule has 1 aromatic carbocycles. The molecule has 0 bridgehead atoms. The molecule has 0 fully saturated rings. The van der Waals surface area contributed by atoms with E-state index in [1.807, 2.05) is 0 Å². The van der Waals surface area contributed by atoms with Gasteiger partial charge in [-0.05, 0) is 44.0 Å². The molecule has 3 aliphatic rings. The summed E-state index contributed by atoms with van der Waals surface area (Å²) in [7, 11) is 0. The first kappa shape index (κ1) is 22.0. The van der Waals surface area contributed by atoms with Crippen molar-refractivity contribution >= 4 is 6.09 Å². The van der Waals surface area contributed by atoms with E-state index in [1.165, 1.54) is 4.90 Å². The van der Waals surface area contributed by atoms with E-state index in [2.05, 4.69) is 18.2 Å². The fourth-order valence-electron chi connectivity index (χ4n) is 4.64. The van der Waals surface area contributed by atoms with Crippen molar-refractivity contribution in [2.24, 2.45) is 17.1 Å². The number of rotatable bonds is 1. The van der Waals surface area contributed by atoms with Crippen molar-refractivity contribution in [1.82, 2.24) is 4.90 Å². The Balaban J connectivity index is 1.87. The summed E-state index contributed by atoms with van der Waals surface area (Å²) in [6.45, 7) is 5.79. The Labute approximate surface area is 191 Å². The molecule has 4 rings (SSSR count). The fraction of sp³-hybridized carbons (Fsp3) is 0.417. The maximum absolute atomic E-state index is 12.8. The minimum atomic E-state index is -1.81. The molecule has 2 atom stereocenters. The minimum absolute atomic E-state index is 0.0761. The number of nitrogens with two attached hydrogens (primary N) is 1. The number of carbonyl (C=O) groups excluding carboxylic acids is 1. The molecule has 1 aromatic rings. The van der Waals surface area contributed by atoms with Crippen molar-refractivity contribution in [2.45, 2.75) is 32.3 Å². The summed E-state index contributed by atoms with van der Waals surface area (Å²) in [5.41, 5.74) is 5.12. The molecule has 168 valence electrons. The average Bonchev–Trinajstić information content (AvgIpc) is 3.25. The van der Waals surface area contributed by atoms with Crippen LogP contribution in [0.25, 0.3) is 0 Å². The number of fused-ring (bicyclic) bond motifs is 2. The zero-order valence-electron chi connectivity index (χ0n) is 18.6. The third-order valence-corrected chi connectivity index (χ3v) is 6.07. The highest BCUT2D eigenvalue weighted by Gasteiger charge is 2.55. The van der Waals surface area contributed by atoms with E-state index in [9.17, 15) is 20.6 Å². The van der Waals surface area contributed by atoms with Crippen molar-refractivity contribution < 1.29 is 19.0 Å². The Hall–Kier alpha value is -4.16. The Bertz CT molecular complexity index is 1190. The van der Waals surface area contributed by atoms with Crippen LogP contribution in [0.5, 0.6) is 11.5 Å². The SMILES string of the molecule is CC(C)(C)OC(=O)N1CC=C2C(C#N)=C(N)C(C#N)(C#N)[C@@H](c3ccc4c(c3)OCO4)[C@H]2C1. The van der Waals surface area contributed by atoms with Gasteiger partial charge in [0.05, 0.1) is 23.4 Å². The Kier molecular flexibility index (Phi) is 5.18. The molecule has 2 heterocycles. The maximum atomic E-state index is 12.8. The van der Waals surface area contributed by atoms with Crippen molar-refractivity contribution in [2.75, 3.05) is 19.9 Å². The lowest BCUT2D eigenvalue weighted by atomic mass is 9.58. The summed E-state index contributed by atoms with van der Waals surface area (Å²) in [4.78, 5) is 14.3. The van der Waals surface area contributed by atoms with Gasteiger partial charge in [0, 0.05) is 24.9 Å². The molecule has 0 radical (unpaired) electrons. The summed E-state index contributed by atoms with van der Waals surface area (Å²) in [6, 6.07) is 11.4. The minimum Gasteiger partial charge on any atom is -0.454 e.